The summed E-state index contributed by atoms with van der Waals surface area (Å²) in [4.78, 5) is 13.3. The third kappa shape index (κ3) is 3.75. The summed E-state index contributed by atoms with van der Waals surface area (Å²) in [6.07, 6.45) is 7.92. The Bertz CT molecular complexity index is 519. The van der Waals surface area contributed by atoms with E-state index in [2.05, 4.69) is 19.8 Å². The molecule has 128 valence electrons. The van der Waals surface area contributed by atoms with Gasteiger partial charge in [0.25, 0.3) is 0 Å². The van der Waals surface area contributed by atoms with Crippen molar-refractivity contribution in [2.75, 3.05) is 43.1 Å². The summed E-state index contributed by atoms with van der Waals surface area (Å²) in [6.45, 7) is 2.59. The van der Waals surface area contributed by atoms with Crippen LogP contribution in [0.4, 0.5) is 11.8 Å². The van der Waals surface area contributed by atoms with Gasteiger partial charge >= 0.3 is 0 Å². The Kier molecular flexibility index (Phi) is 5.02. The number of rotatable bonds is 5. The van der Waals surface area contributed by atoms with E-state index in [-0.39, 0.29) is 18.1 Å². The number of aliphatic hydroxyl groups excluding tert-OH is 2. The summed E-state index contributed by atoms with van der Waals surface area (Å²) in [5.41, 5.74) is -0.00453. The maximum Gasteiger partial charge on any atom is 0.227 e. The molecule has 1 aromatic rings. The molecule has 1 saturated carbocycles. The summed E-state index contributed by atoms with van der Waals surface area (Å²) in [6, 6.07) is 1.91. The predicted octanol–water partition coefficient (Wildman–Crippen LogP) is 1.43. The van der Waals surface area contributed by atoms with Crippen LogP contribution in [0.15, 0.2) is 12.3 Å². The minimum Gasteiger partial charge on any atom is -0.396 e. The summed E-state index contributed by atoms with van der Waals surface area (Å²) >= 11 is 0. The first-order valence-electron chi connectivity index (χ1n) is 8.70. The molecule has 2 aliphatic rings. The Morgan fingerprint density at radius 1 is 1.35 bits per heavy atom. The molecule has 0 amide bonds. The van der Waals surface area contributed by atoms with Crippen molar-refractivity contribution in [2.45, 2.75) is 44.6 Å². The number of nitrogens with zero attached hydrogens (tertiary/aromatic N) is 4. The fourth-order valence-corrected chi connectivity index (χ4v) is 3.93. The fourth-order valence-electron chi connectivity index (χ4n) is 3.93. The zero-order chi connectivity index (χ0) is 16.3. The van der Waals surface area contributed by atoms with Crippen molar-refractivity contribution in [3.05, 3.63) is 12.3 Å². The number of aliphatic hydroxyl groups is 2. The Labute approximate surface area is 138 Å². The van der Waals surface area contributed by atoms with Crippen LogP contribution in [0, 0.1) is 5.41 Å². The van der Waals surface area contributed by atoms with Gasteiger partial charge < -0.3 is 20.0 Å². The molecule has 0 unspecified atom stereocenters. The minimum atomic E-state index is -0.268. The molecule has 1 atom stereocenters. The molecule has 6 nitrogen and oxygen atoms in total. The van der Waals surface area contributed by atoms with Crippen molar-refractivity contribution in [1.29, 1.82) is 0 Å². The molecule has 2 N–H and O–H groups in total. The zero-order valence-electron chi connectivity index (χ0n) is 14.0. The van der Waals surface area contributed by atoms with Crippen molar-refractivity contribution >= 4 is 11.8 Å². The van der Waals surface area contributed by atoms with Gasteiger partial charge in [0.15, 0.2) is 0 Å². The van der Waals surface area contributed by atoms with Crippen LogP contribution in [0.1, 0.15) is 38.5 Å². The highest BCUT2D eigenvalue weighted by atomic mass is 16.3. The lowest BCUT2D eigenvalue weighted by Gasteiger charge is -2.33. The highest BCUT2D eigenvalue weighted by Crippen LogP contribution is 2.38. The number of β-amino-alcohol motifs (C(OH)–C–C–N with tert-alkyl or cyclic N) is 1. The third-order valence-electron chi connectivity index (χ3n) is 5.26. The quantitative estimate of drug-likeness (QED) is 0.855. The summed E-state index contributed by atoms with van der Waals surface area (Å²) in [7, 11) is 2.00. The molecule has 1 aromatic heterocycles. The number of hydrogen-bond donors (Lipinski definition) is 2. The first-order valence-corrected chi connectivity index (χ1v) is 8.70. The molecule has 2 heterocycles. The maximum absolute atomic E-state index is 9.85. The lowest BCUT2D eigenvalue weighted by Crippen LogP contribution is -2.39. The van der Waals surface area contributed by atoms with Crippen molar-refractivity contribution in [1.82, 2.24) is 9.97 Å². The smallest absolute Gasteiger partial charge is 0.227 e. The fraction of sp³-hybridized carbons (Fsp3) is 0.765. The van der Waals surface area contributed by atoms with Crippen LogP contribution in [-0.4, -0.2) is 59.6 Å². The van der Waals surface area contributed by atoms with Gasteiger partial charge in [0.1, 0.15) is 5.82 Å². The Morgan fingerprint density at radius 2 is 2.13 bits per heavy atom. The van der Waals surface area contributed by atoms with Crippen molar-refractivity contribution in [3.8, 4) is 0 Å². The number of hydrogen-bond acceptors (Lipinski definition) is 6. The van der Waals surface area contributed by atoms with E-state index >= 15 is 0 Å². The van der Waals surface area contributed by atoms with E-state index in [1.165, 1.54) is 12.8 Å². The zero-order valence-corrected chi connectivity index (χ0v) is 14.0. The molecule has 2 fully saturated rings. The number of anilines is 2. The highest BCUT2D eigenvalue weighted by Gasteiger charge is 2.35. The van der Waals surface area contributed by atoms with E-state index in [1.54, 1.807) is 6.20 Å². The second kappa shape index (κ2) is 7.01. The molecular formula is C17H28N4O2. The molecule has 23 heavy (non-hydrogen) atoms. The van der Waals surface area contributed by atoms with E-state index in [0.29, 0.717) is 12.5 Å². The van der Waals surface area contributed by atoms with Gasteiger partial charge in [-0.2, -0.15) is 4.98 Å². The molecule has 0 spiro atoms. The highest BCUT2D eigenvalue weighted by molar-refractivity contribution is 5.44. The van der Waals surface area contributed by atoms with Crippen LogP contribution in [0.2, 0.25) is 0 Å². The molecule has 0 aromatic carbocycles. The summed E-state index contributed by atoms with van der Waals surface area (Å²) in [5.74, 6) is 1.58. The average molecular weight is 320 g/mol. The number of aromatic nitrogens is 2. The van der Waals surface area contributed by atoms with Gasteiger partial charge in [-0.3, -0.25) is 0 Å². The van der Waals surface area contributed by atoms with Gasteiger partial charge in [0.05, 0.1) is 12.7 Å². The Morgan fingerprint density at radius 3 is 2.83 bits per heavy atom. The van der Waals surface area contributed by atoms with Gasteiger partial charge in [-0.15, -0.1) is 0 Å². The molecule has 3 rings (SSSR count). The predicted molar refractivity (Wildman–Crippen MR) is 90.7 cm³/mol. The Balaban J connectivity index is 1.71. The SMILES string of the molecule is CN(CC1(CO)CCCC1)c1nccc(N2CCC[C@@H](O)C2)n1. The van der Waals surface area contributed by atoms with Crippen LogP contribution < -0.4 is 9.80 Å². The molecule has 1 aliphatic heterocycles. The molecule has 0 bridgehead atoms. The number of piperidine rings is 1. The first-order chi connectivity index (χ1) is 11.1. The molecule has 1 aliphatic carbocycles. The van der Waals surface area contributed by atoms with E-state index in [4.69, 9.17) is 0 Å². The maximum atomic E-state index is 9.85. The second-order valence-electron chi connectivity index (χ2n) is 7.18. The van der Waals surface area contributed by atoms with Crippen LogP contribution in [0.25, 0.3) is 0 Å². The van der Waals surface area contributed by atoms with E-state index in [9.17, 15) is 10.2 Å². The topological polar surface area (TPSA) is 72.7 Å². The lowest BCUT2D eigenvalue weighted by molar-refractivity contribution is 0.136. The van der Waals surface area contributed by atoms with Crippen LogP contribution in [-0.2, 0) is 0 Å². The van der Waals surface area contributed by atoms with Gasteiger partial charge in [0, 0.05) is 38.3 Å². The third-order valence-corrected chi connectivity index (χ3v) is 5.26. The van der Waals surface area contributed by atoms with Gasteiger partial charge in [-0.05, 0) is 31.7 Å². The van der Waals surface area contributed by atoms with E-state index in [1.807, 2.05) is 13.1 Å². The lowest BCUT2D eigenvalue weighted by atomic mass is 9.87. The molecule has 0 radical (unpaired) electrons. The van der Waals surface area contributed by atoms with Gasteiger partial charge in [-0.25, -0.2) is 4.98 Å². The van der Waals surface area contributed by atoms with Crippen molar-refractivity contribution in [2.24, 2.45) is 5.41 Å². The molecule has 1 saturated heterocycles. The monoisotopic (exact) mass is 320 g/mol. The van der Waals surface area contributed by atoms with Crippen LogP contribution in [0.5, 0.6) is 0 Å². The molecule has 6 heteroatoms. The van der Waals surface area contributed by atoms with Crippen molar-refractivity contribution < 1.29 is 10.2 Å². The minimum absolute atomic E-state index is 0.00453. The second-order valence-corrected chi connectivity index (χ2v) is 7.18. The van der Waals surface area contributed by atoms with Gasteiger partial charge in [-0.1, -0.05) is 12.8 Å². The largest absolute Gasteiger partial charge is 0.396 e. The Hall–Kier alpha value is -1.40. The molecular weight excluding hydrogens is 292 g/mol. The normalized spacial score (nSPS) is 24.0. The van der Waals surface area contributed by atoms with Crippen LogP contribution >= 0.6 is 0 Å². The van der Waals surface area contributed by atoms with E-state index < -0.39 is 0 Å². The van der Waals surface area contributed by atoms with E-state index in [0.717, 1.165) is 44.6 Å². The standard InChI is InChI=1S/C17H28N4O2/c1-20(12-17(13-22)7-2-3-8-17)16-18-9-6-15(19-16)21-10-4-5-14(23)11-21/h6,9,14,22-23H,2-5,7-8,10-13H2,1H3/t14-/m1/s1. The first kappa shape index (κ1) is 16.5. The van der Waals surface area contributed by atoms with Crippen molar-refractivity contribution in [3.63, 3.8) is 0 Å². The average Bonchev–Trinajstić information content (AvgIpc) is 3.04. The van der Waals surface area contributed by atoms with Gasteiger partial charge in [0.2, 0.25) is 5.95 Å². The summed E-state index contributed by atoms with van der Waals surface area (Å²) < 4.78 is 0. The summed E-state index contributed by atoms with van der Waals surface area (Å²) in [5, 5.41) is 19.6. The van der Waals surface area contributed by atoms with Crippen LogP contribution in [0.3, 0.4) is 0 Å².